The summed E-state index contributed by atoms with van der Waals surface area (Å²) >= 11 is 0. The largest absolute Gasteiger partial charge is 0.451 e. The van der Waals surface area contributed by atoms with Gasteiger partial charge in [-0.05, 0) is 41.7 Å². The lowest BCUT2D eigenvalue weighted by molar-refractivity contribution is -0.144. The Morgan fingerprint density at radius 1 is 1.03 bits per heavy atom. The fraction of sp³-hybridized carbons (Fsp3) is 0.261. The number of benzene rings is 2. The normalized spacial score (nSPS) is 12.0. The lowest BCUT2D eigenvalue weighted by Crippen LogP contribution is -2.28. The first-order valence-corrected chi connectivity index (χ1v) is 9.50. The van der Waals surface area contributed by atoms with Crippen LogP contribution in [0.4, 0.5) is 5.69 Å². The molecule has 0 aliphatic heterocycles. The molecule has 0 fully saturated rings. The summed E-state index contributed by atoms with van der Waals surface area (Å²) in [5, 5.41) is 5.13. The highest BCUT2D eigenvalue weighted by Crippen LogP contribution is 2.20. The maximum atomic E-state index is 12.3. The monoisotopic (exact) mass is 394 g/mol. The maximum absolute atomic E-state index is 12.3. The van der Waals surface area contributed by atoms with E-state index < -0.39 is 24.4 Å². The van der Waals surface area contributed by atoms with Crippen molar-refractivity contribution in [3.05, 3.63) is 71.4 Å². The van der Waals surface area contributed by atoms with Crippen LogP contribution in [0.2, 0.25) is 0 Å². The van der Waals surface area contributed by atoms with Crippen molar-refractivity contribution in [3.63, 3.8) is 0 Å². The van der Waals surface area contributed by atoms with Crippen LogP contribution < -0.4 is 10.6 Å². The molecule has 0 saturated carbocycles. The summed E-state index contributed by atoms with van der Waals surface area (Å²) < 4.78 is 5.06. The predicted octanol–water partition coefficient (Wildman–Crippen LogP) is 3.86. The standard InChI is InChI=1S/C23H26N2O4/c1-4-16(2)19-10-12-20(13-11-19)25-22(27)15-29-23(28)21(24-17(3)26)14-18-8-6-5-7-9-18/h5-14,16H,4,15H2,1-3H3,(H,24,26)(H,25,27)/b21-14-/t16-/m1/s1. The van der Waals surface area contributed by atoms with Crippen LogP contribution in [0.15, 0.2) is 60.3 Å². The Bertz CT molecular complexity index is 874. The number of carbonyl (C=O) groups is 3. The molecule has 6 heteroatoms. The Hall–Kier alpha value is -3.41. The number of esters is 1. The quantitative estimate of drug-likeness (QED) is 0.526. The average molecular weight is 394 g/mol. The molecule has 152 valence electrons. The molecule has 0 spiro atoms. The molecular weight excluding hydrogens is 368 g/mol. The molecule has 6 nitrogen and oxygen atoms in total. The molecule has 2 aromatic carbocycles. The van der Waals surface area contributed by atoms with E-state index in [0.717, 1.165) is 12.0 Å². The molecule has 1 atom stereocenters. The molecule has 0 bridgehead atoms. The van der Waals surface area contributed by atoms with E-state index >= 15 is 0 Å². The minimum Gasteiger partial charge on any atom is -0.451 e. The number of ether oxygens (including phenoxy) is 1. The van der Waals surface area contributed by atoms with Crippen molar-refractivity contribution in [3.8, 4) is 0 Å². The van der Waals surface area contributed by atoms with Gasteiger partial charge < -0.3 is 15.4 Å². The van der Waals surface area contributed by atoms with Crippen LogP contribution in [-0.2, 0) is 19.1 Å². The lowest BCUT2D eigenvalue weighted by Gasteiger charge is -2.11. The third kappa shape index (κ3) is 7.25. The Morgan fingerprint density at radius 3 is 2.28 bits per heavy atom. The Balaban J connectivity index is 1.95. The second kappa shape index (κ2) is 10.8. The summed E-state index contributed by atoms with van der Waals surface area (Å²) in [6.07, 6.45) is 2.53. The summed E-state index contributed by atoms with van der Waals surface area (Å²) in [4.78, 5) is 35.8. The van der Waals surface area contributed by atoms with Gasteiger partial charge >= 0.3 is 5.97 Å². The van der Waals surface area contributed by atoms with Crippen LogP contribution in [0.3, 0.4) is 0 Å². The summed E-state index contributed by atoms with van der Waals surface area (Å²) in [7, 11) is 0. The SMILES string of the molecule is CC[C@@H](C)c1ccc(NC(=O)COC(=O)/C(=C/c2ccccc2)NC(C)=O)cc1. The van der Waals surface area contributed by atoms with Gasteiger partial charge in [-0.3, -0.25) is 9.59 Å². The van der Waals surface area contributed by atoms with Crippen molar-refractivity contribution in [1.82, 2.24) is 5.32 Å². The van der Waals surface area contributed by atoms with Crippen molar-refractivity contribution in [2.75, 3.05) is 11.9 Å². The third-order valence-corrected chi connectivity index (χ3v) is 4.35. The number of amides is 2. The van der Waals surface area contributed by atoms with Gasteiger partial charge in [0.1, 0.15) is 5.70 Å². The van der Waals surface area contributed by atoms with Crippen molar-refractivity contribution in [2.24, 2.45) is 0 Å². The molecule has 0 heterocycles. The highest BCUT2D eigenvalue weighted by molar-refractivity contribution is 5.99. The zero-order valence-electron chi connectivity index (χ0n) is 16.9. The van der Waals surface area contributed by atoms with Crippen molar-refractivity contribution in [1.29, 1.82) is 0 Å². The first-order valence-electron chi connectivity index (χ1n) is 9.50. The van der Waals surface area contributed by atoms with Crippen LogP contribution in [-0.4, -0.2) is 24.4 Å². The number of hydrogen-bond acceptors (Lipinski definition) is 4. The molecule has 0 radical (unpaired) electrons. The number of nitrogens with one attached hydrogen (secondary N) is 2. The van der Waals surface area contributed by atoms with Crippen LogP contribution in [0, 0.1) is 0 Å². The smallest absolute Gasteiger partial charge is 0.355 e. The number of anilines is 1. The minimum absolute atomic E-state index is 0.0330. The second-order valence-electron chi connectivity index (χ2n) is 6.71. The van der Waals surface area contributed by atoms with Gasteiger partial charge in [0.15, 0.2) is 6.61 Å². The van der Waals surface area contributed by atoms with Crippen LogP contribution in [0.5, 0.6) is 0 Å². The number of rotatable bonds is 8. The molecule has 2 aromatic rings. The first-order chi connectivity index (χ1) is 13.9. The van der Waals surface area contributed by atoms with Gasteiger partial charge in [-0.15, -0.1) is 0 Å². The molecule has 2 N–H and O–H groups in total. The molecule has 0 aliphatic rings. The lowest BCUT2D eigenvalue weighted by atomic mass is 9.99. The summed E-state index contributed by atoms with van der Waals surface area (Å²) in [6.45, 7) is 5.10. The second-order valence-corrected chi connectivity index (χ2v) is 6.71. The Labute approximate surface area is 171 Å². The molecule has 2 rings (SSSR count). The number of hydrogen-bond donors (Lipinski definition) is 2. The minimum atomic E-state index is -0.786. The molecule has 0 aliphatic carbocycles. The fourth-order valence-electron chi connectivity index (χ4n) is 2.59. The molecule has 0 aromatic heterocycles. The molecule has 29 heavy (non-hydrogen) atoms. The van der Waals surface area contributed by atoms with Gasteiger partial charge in [-0.1, -0.05) is 56.3 Å². The molecule has 2 amide bonds. The van der Waals surface area contributed by atoms with E-state index in [9.17, 15) is 14.4 Å². The van der Waals surface area contributed by atoms with E-state index in [1.807, 2.05) is 42.5 Å². The van der Waals surface area contributed by atoms with Gasteiger partial charge in [0.2, 0.25) is 5.91 Å². The summed E-state index contributed by atoms with van der Waals surface area (Å²) in [5.74, 6) is -1.21. The van der Waals surface area contributed by atoms with Crippen LogP contribution in [0.25, 0.3) is 6.08 Å². The van der Waals surface area contributed by atoms with E-state index in [-0.39, 0.29) is 5.70 Å². The summed E-state index contributed by atoms with van der Waals surface area (Å²) in [6, 6.07) is 16.6. The third-order valence-electron chi connectivity index (χ3n) is 4.35. The Kier molecular flexibility index (Phi) is 8.15. The van der Waals surface area contributed by atoms with Crippen molar-refractivity contribution < 1.29 is 19.1 Å². The van der Waals surface area contributed by atoms with Gasteiger partial charge in [-0.2, -0.15) is 0 Å². The van der Waals surface area contributed by atoms with Gasteiger partial charge in [0, 0.05) is 12.6 Å². The van der Waals surface area contributed by atoms with E-state index in [4.69, 9.17) is 4.74 Å². The van der Waals surface area contributed by atoms with Gasteiger partial charge in [0.05, 0.1) is 0 Å². The van der Waals surface area contributed by atoms with Gasteiger partial charge in [-0.25, -0.2) is 4.79 Å². The first kappa shape index (κ1) is 21.9. The highest BCUT2D eigenvalue weighted by atomic mass is 16.5. The van der Waals surface area contributed by atoms with Crippen LogP contribution >= 0.6 is 0 Å². The molecule has 0 unspecified atom stereocenters. The van der Waals surface area contributed by atoms with Crippen molar-refractivity contribution >= 4 is 29.5 Å². The zero-order chi connectivity index (χ0) is 21.2. The zero-order valence-corrected chi connectivity index (χ0v) is 16.9. The van der Waals surface area contributed by atoms with E-state index in [1.54, 1.807) is 12.1 Å². The topological polar surface area (TPSA) is 84.5 Å². The van der Waals surface area contributed by atoms with Crippen LogP contribution in [0.1, 0.15) is 44.2 Å². The van der Waals surface area contributed by atoms with E-state index in [1.165, 1.54) is 18.6 Å². The van der Waals surface area contributed by atoms with Gasteiger partial charge in [0.25, 0.3) is 5.91 Å². The Morgan fingerprint density at radius 2 is 1.69 bits per heavy atom. The predicted molar refractivity (Wildman–Crippen MR) is 113 cm³/mol. The van der Waals surface area contributed by atoms with E-state index in [0.29, 0.717) is 11.6 Å². The van der Waals surface area contributed by atoms with E-state index in [2.05, 4.69) is 24.5 Å². The fourth-order valence-corrected chi connectivity index (χ4v) is 2.59. The average Bonchev–Trinajstić information content (AvgIpc) is 2.72. The highest BCUT2D eigenvalue weighted by Gasteiger charge is 2.15. The summed E-state index contributed by atoms with van der Waals surface area (Å²) in [5.41, 5.74) is 2.51. The molecule has 0 saturated heterocycles. The molecular formula is C23H26N2O4. The van der Waals surface area contributed by atoms with Crippen molar-refractivity contribution in [2.45, 2.75) is 33.1 Å². The number of carbonyl (C=O) groups excluding carboxylic acids is 3. The maximum Gasteiger partial charge on any atom is 0.355 e.